The number of likely N-dealkylation sites (tertiary alicyclic amines) is 1. The van der Waals surface area contributed by atoms with Crippen LogP contribution in [-0.2, 0) is 33.0 Å². The van der Waals surface area contributed by atoms with Crippen molar-refractivity contribution in [2.24, 2.45) is 17.8 Å². The number of amides is 3. The summed E-state index contributed by atoms with van der Waals surface area (Å²) in [5.74, 6) is -1.91. The van der Waals surface area contributed by atoms with Gasteiger partial charge in [0, 0.05) is 17.3 Å². The average Bonchev–Trinajstić information content (AvgIpc) is 3.46. The molecule has 0 radical (unpaired) electrons. The summed E-state index contributed by atoms with van der Waals surface area (Å²) >= 11 is 12.4. The van der Waals surface area contributed by atoms with Gasteiger partial charge in [-0.25, -0.2) is 0 Å². The molecule has 3 aliphatic heterocycles. The molecule has 39 heavy (non-hydrogen) atoms. The Labute approximate surface area is 237 Å². The molecule has 1 N–H and O–H groups in total. The normalized spacial score (nSPS) is 25.8. The first-order valence-electron chi connectivity index (χ1n) is 13.2. The third-order valence-electron chi connectivity index (χ3n) is 8.19. The summed E-state index contributed by atoms with van der Waals surface area (Å²) in [6, 6.07) is 22.1. The van der Waals surface area contributed by atoms with Crippen molar-refractivity contribution in [1.82, 2.24) is 10.2 Å². The van der Waals surface area contributed by atoms with Gasteiger partial charge in [-0.15, -0.1) is 0 Å². The van der Waals surface area contributed by atoms with E-state index < -0.39 is 17.4 Å². The van der Waals surface area contributed by atoms with Gasteiger partial charge in [-0.1, -0.05) is 91.6 Å². The van der Waals surface area contributed by atoms with Gasteiger partial charge in [0.15, 0.2) is 0 Å². The topological polar surface area (TPSA) is 69.7 Å². The number of fused-ring (bicyclic) bond motifs is 4. The first kappa shape index (κ1) is 26.1. The van der Waals surface area contributed by atoms with E-state index in [1.165, 1.54) is 4.90 Å². The fourth-order valence-corrected chi connectivity index (χ4v) is 6.94. The van der Waals surface area contributed by atoms with Crippen LogP contribution in [0.5, 0.6) is 0 Å². The SMILES string of the molecule is CC(C)C[C@@H]1N[C@]2(C(=O)N(Cc3ccc(Cl)c(Cl)c3)c3ccccc32)[C@@H]2C(=O)N(Cc3ccccc3)C(=O)[C@H]12. The molecule has 6 nitrogen and oxygen atoms in total. The smallest absolute Gasteiger partial charge is 0.253 e. The zero-order valence-corrected chi connectivity index (χ0v) is 23.2. The number of para-hydroxylation sites is 1. The third kappa shape index (κ3) is 4.08. The number of imide groups is 1. The lowest BCUT2D eigenvalue weighted by Gasteiger charge is -2.31. The van der Waals surface area contributed by atoms with E-state index in [0.717, 1.165) is 22.4 Å². The van der Waals surface area contributed by atoms with Crippen LogP contribution in [0.3, 0.4) is 0 Å². The Morgan fingerprint density at radius 2 is 1.51 bits per heavy atom. The van der Waals surface area contributed by atoms with Gasteiger partial charge in [-0.3, -0.25) is 24.6 Å². The molecule has 3 amide bonds. The molecule has 3 aliphatic rings. The minimum Gasteiger partial charge on any atom is -0.306 e. The van der Waals surface area contributed by atoms with Crippen molar-refractivity contribution in [2.45, 2.75) is 44.9 Å². The predicted octanol–water partition coefficient (Wildman–Crippen LogP) is 5.55. The second kappa shape index (κ2) is 9.77. The molecule has 3 aromatic rings. The lowest BCUT2D eigenvalue weighted by atomic mass is 9.76. The second-order valence-corrected chi connectivity index (χ2v) is 11.9. The van der Waals surface area contributed by atoms with Crippen LogP contribution in [0.25, 0.3) is 0 Å². The maximum atomic E-state index is 14.6. The quantitative estimate of drug-likeness (QED) is 0.400. The second-order valence-electron chi connectivity index (χ2n) is 11.1. The Morgan fingerprint density at radius 3 is 2.23 bits per heavy atom. The van der Waals surface area contributed by atoms with Gasteiger partial charge in [-0.05, 0) is 41.7 Å². The molecule has 0 aliphatic carbocycles. The molecule has 3 heterocycles. The van der Waals surface area contributed by atoms with E-state index in [1.807, 2.05) is 60.7 Å². The average molecular weight is 562 g/mol. The highest BCUT2D eigenvalue weighted by Crippen LogP contribution is 2.55. The van der Waals surface area contributed by atoms with Crippen LogP contribution in [0.1, 0.15) is 37.0 Å². The minimum absolute atomic E-state index is 0.193. The number of carbonyl (C=O) groups excluding carboxylic acids is 3. The zero-order valence-electron chi connectivity index (χ0n) is 21.7. The molecule has 200 valence electrons. The summed E-state index contributed by atoms with van der Waals surface area (Å²) in [7, 11) is 0. The Kier molecular flexibility index (Phi) is 6.53. The number of benzene rings is 3. The molecule has 2 saturated heterocycles. The van der Waals surface area contributed by atoms with Crippen LogP contribution in [-0.4, -0.2) is 28.7 Å². The van der Waals surface area contributed by atoms with Gasteiger partial charge >= 0.3 is 0 Å². The number of hydrogen-bond acceptors (Lipinski definition) is 4. The third-order valence-corrected chi connectivity index (χ3v) is 8.93. The van der Waals surface area contributed by atoms with Gasteiger partial charge in [0.25, 0.3) is 5.91 Å². The van der Waals surface area contributed by atoms with E-state index in [9.17, 15) is 14.4 Å². The van der Waals surface area contributed by atoms with E-state index in [0.29, 0.717) is 16.5 Å². The van der Waals surface area contributed by atoms with Crippen LogP contribution in [0.4, 0.5) is 5.69 Å². The van der Waals surface area contributed by atoms with E-state index >= 15 is 0 Å². The summed E-state index contributed by atoms with van der Waals surface area (Å²) in [5, 5.41) is 4.43. The van der Waals surface area contributed by atoms with Gasteiger partial charge < -0.3 is 4.90 Å². The summed E-state index contributed by atoms with van der Waals surface area (Å²) in [5.41, 5.74) is 1.83. The van der Waals surface area contributed by atoms with Crippen molar-refractivity contribution >= 4 is 46.6 Å². The van der Waals surface area contributed by atoms with Crippen molar-refractivity contribution in [3.63, 3.8) is 0 Å². The summed E-state index contributed by atoms with van der Waals surface area (Å²) in [4.78, 5) is 45.7. The summed E-state index contributed by atoms with van der Waals surface area (Å²) in [6.07, 6.45) is 0.670. The Balaban J connectivity index is 1.44. The summed E-state index contributed by atoms with van der Waals surface area (Å²) in [6.45, 7) is 4.63. The van der Waals surface area contributed by atoms with Crippen molar-refractivity contribution in [2.75, 3.05) is 4.90 Å². The number of hydrogen-bond donors (Lipinski definition) is 1. The molecule has 8 heteroatoms. The molecule has 0 unspecified atom stereocenters. The molecule has 0 saturated carbocycles. The van der Waals surface area contributed by atoms with Crippen molar-refractivity contribution < 1.29 is 14.4 Å². The number of nitrogens with one attached hydrogen (secondary N) is 1. The fourth-order valence-electron chi connectivity index (χ4n) is 6.62. The highest BCUT2D eigenvalue weighted by molar-refractivity contribution is 6.42. The van der Waals surface area contributed by atoms with E-state index in [2.05, 4.69) is 19.2 Å². The van der Waals surface area contributed by atoms with E-state index in [-0.39, 0.29) is 42.8 Å². The molecular formula is C31H29Cl2N3O3. The zero-order chi connectivity index (χ0) is 27.5. The van der Waals surface area contributed by atoms with Gasteiger partial charge in [0.05, 0.1) is 35.0 Å². The highest BCUT2D eigenvalue weighted by atomic mass is 35.5. The van der Waals surface area contributed by atoms with Crippen LogP contribution in [0.15, 0.2) is 72.8 Å². The first-order chi connectivity index (χ1) is 18.7. The number of anilines is 1. The Bertz CT molecular complexity index is 1480. The largest absolute Gasteiger partial charge is 0.306 e. The number of halogens is 2. The maximum absolute atomic E-state index is 14.6. The molecule has 0 bridgehead atoms. The van der Waals surface area contributed by atoms with Gasteiger partial charge in [-0.2, -0.15) is 0 Å². The van der Waals surface area contributed by atoms with Crippen molar-refractivity contribution in [3.05, 3.63) is 99.5 Å². The maximum Gasteiger partial charge on any atom is 0.253 e. The van der Waals surface area contributed by atoms with E-state index in [1.54, 1.807) is 17.0 Å². The monoisotopic (exact) mass is 561 g/mol. The molecule has 2 fully saturated rings. The molecule has 6 rings (SSSR count). The first-order valence-corrected chi connectivity index (χ1v) is 14.0. The lowest BCUT2D eigenvalue weighted by Crippen LogP contribution is -2.55. The Morgan fingerprint density at radius 1 is 0.821 bits per heavy atom. The minimum atomic E-state index is -1.32. The van der Waals surface area contributed by atoms with Crippen LogP contribution in [0, 0.1) is 17.8 Å². The number of rotatable bonds is 6. The predicted molar refractivity (Wildman–Crippen MR) is 151 cm³/mol. The summed E-state index contributed by atoms with van der Waals surface area (Å²) < 4.78 is 0. The molecule has 0 aromatic heterocycles. The number of carbonyl (C=O) groups is 3. The molecule has 4 atom stereocenters. The highest BCUT2D eigenvalue weighted by Gasteiger charge is 2.71. The lowest BCUT2D eigenvalue weighted by molar-refractivity contribution is -0.143. The molecule has 1 spiro atoms. The van der Waals surface area contributed by atoms with Crippen molar-refractivity contribution in [1.29, 1.82) is 0 Å². The van der Waals surface area contributed by atoms with E-state index in [4.69, 9.17) is 23.2 Å². The fraction of sp³-hybridized carbons (Fsp3) is 0.323. The van der Waals surface area contributed by atoms with Gasteiger partial charge in [0.2, 0.25) is 11.8 Å². The molecule has 3 aromatic carbocycles. The molecular weight excluding hydrogens is 533 g/mol. The van der Waals surface area contributed by atoms with Crippen molar-refractivity contribution in [3.8, 4) is 0 Å². The number of nitrogens with zero attached hydrogens (tertiary/aromatic N) is 2. The van der Waals surface area contributed by atoms with Crippen LogP contribution in [0.2, 0.25) is 10.0 Å². The standard InChI is InChI=1S/C31H29Cl2N3O3/c1-18(2)14-24-26-27(29(38)36(28(26)37)16-19-8-4-3-5-9-19)31(34-24)21-10-6-7-11-25(21)35(30(31)39)17-20-12-13-22(32)23(33)15-20/h3-13,15,18,24,26-27,34H,14,16-17H2,1-2H3/t24-,26+,27-,31-/m0/s1. The van der Waals surface area contributed by atoms with Crippen LogP contribution >= 0.6 is 23.2 Å². The Hall–Kier alpha value is -3.19. The van der Waals surface area contributed by atoms with Gasteiger partial charge in [0.1, 0.15) is 5.54 Å². The van der Waals surface area contributed by atoms with Crippen LogP contribution < -0.4 is 10.2 Å².